The number of carbonyl (C=O) groups excluding carboxylic acids is 1. The molecule has 3 aromatic rings. The fraction of sp³-hybridized carbons (Fsp3) is 0.421. The van der Waals surface area contributed by atoms with E-state index in [-0.39, 0.29) is 11.8 Å². The summed E-state index contributed by atoms with van der Waals surface area (Å²) >= 11 is 3.41. The third-order valence-corrected chi connectivity index (χ3v) is 7.13. The molecule has 7 heteroatoms. The molecule has 4 heterocycles. The highest BCUT2D eigenvalue weighted by Gasteiger charge is 2.27. The van der Waals surface area contributed by atoms with Gasteiger partial charge in [0.1, 0.15) is 10.6 Å². The number of fused-ring (bicyclic) bond motifs is 1. The van der Waals surface area contributed by atoms with Gasteiger partial charge < -0.3 is 10.2 Å². The Hall–Kier alpha value is -1.99. The van der Waals surface area contributed by atoms with Crippen LogP contribution in [0, 0.1) is 19.8 Å². The van der Waals surface area contributed by atoms with Crippen LogP contribution in [-0.4, -0.2) is 36.0 Å². The van der Waals surface area contributed by atoms with E-state index in [1.54, 1.807) is 29.7 Å². The molecule has 1 amide bonds. The number of rotatable bonds is 3. The van der Waals surface area contributed by atoms with E-state index in [0.717, 1.165) is 47.3 Å². The van der Waals surface area contributed by atoms with Crippen molar-refractivity contribution in [1.29, 1.82) is 0 Å². The summed E-state index contributed by atoms with van der Waals surface area (Å²) in [6.45, 7) is 6.00. The summed E-state index contributed by atoms with van der Waals surface area (Å²) in [6, 6.07) is 4.10. The van der Waals surface area contributed by atoms with Crippen molar-refractivity contribution >= 4 is 44.6 Å². The topological polar surface area (TPSA) is 58.1 Å². The van der Waals surface area contributed by atoms with Gasteiger partial charge >= 0.3 is 0 Å². The molecule has 1 saturated heterocycles. The Morgan fingerprint density at radius 2 is 2.04 bits per heavy atom. The Bertz CT molecular complexity index is 940. The zero-order chi connectivity index (χ0) is 18.3. The fourth-order valence-electron chi connectivity index (χ4n) is 3.53. The number of aryl methyl sites for hydroxylation is 2. The van der Waals surface area contributed by atoms with E-state index < -0.39 is 0 Å². The Kier molecular flexibility index (Phi) is 4.67. The number of carbonyl (C=O) groups is 1. The summed E-state index contributed by atoms with van der Waals surface area (Å²) in [5.41, 5.74) is 1.27. The maximum atomic E-state index is 11.9. The minimum atomic E-state index is 0.107. The number of nitrogens with zero attached hydrogens (tertiary/aromatic N) is 3. The Labute approximate surface area is 161 Å². The van der Waals surface area contributed by atoms with Crippen LogP contribution >= 0.6 is 22.7 Å². The van der Waals surface area contributed by atoms with Gasteiger partial charge in [-0.1, -0.05) is 6.07 Å². The molecule has 1 aliphatic rings. The van der Waals surface area contributed by atoms with Gasteiger partial charge in [0, 0.05) is 30.9 Å². The van der Waals surface area contributed by atoms with Gasteiger partial charge in [-0.15, -0.1) is 22.7 Å². The molecule has 0 bridgehead atoms. The molecular weight excluding hydrogens is 364 g/mol. The van der Waals surface area contributed by atoms with Gasteiger partial charge in [-0.05, 0) is 43.7 Å². The number of aromatic nitrogens is 2. The highest BCUT2D eigenvalue weighted by molar-refractivity contribution is 7.19. The molecule has 3 aromatic heterocycles. The number of nitrogens with one attached hydrogen (secondary N) is 1. The van der Waals surface area contributed by atoms with Gasteiger partial charge in [-0.25, -0.2) is 9.97 Å². The van der Waals surface area contributed by atoms with Gasteiger partial charge in [-0.3, -0.25) is 4.79 Å². The van der Waals surface area contributed by atoms with Crippen LogP contribution < -0.4 is 10.2 Å². The van der Waals surface area contributed by atoms with Crippen LogP contribution in [0.3, 0.4) is 0 Å². The predicted octanol–water partition coefficient (Wildman–Crippen LogP) is 4.00. The normalized spacial score (nSPS) is 15.6. The van der Waals surface area contributed by atoms with E-state index in [9.17, 15) is 4.79 Å². The lowest BCUT2D eigenvalue weighted by atomic mass is 9.96. The summed E-state index contributed by atoms with van der Waals surface area (Å²) in [5.74, 6) is 2.09. The first-order valence-electron chi connectivity index (χ1n) is 8.86. The second-order valence-electron chi connectivity index (χ2n) is 6.69. The van der Waals surface area contributed by atoms with Gasteiger partial charge in [0.2, 0.25) is 5.91 Å². The van der Waals surface area contributed by atoms with Crippen LogP contribution in [0.5, 0.6) is 0 Å². The number of piperidine rings is 1. The third kappa shape index (κ3) is 2.99. The summed E-state index contributed by atoms with van der Waals surface area (Å²) < 4.78 is 0. The van der Waals surface area contributed by atoms with Gasteiger partial charge in [0.15, 0.2) is 5.82 Å². The number of hydrogen-bond donors (Lipinski definition) is 1. The van der Waals surface area contributed by atoms with Crippen LogP contribution in [0.25, 0.3) is 20.9 Å². The van der Waals surface area contributed by atoms with E-state index >= 15 is 0 Å². The standard InChI is InChI=1S/C19H22N4OS2/c1-11-12(2)26-19-15(11)17(21-16(22-19)14-5-4-10-25-14)23-8-6-13(7-9-23)18(24)20-3/h4-5,10,13H,6-9H2,1-3H3,(H,20,24). The predicted molar refractivity (Wildman–Crippen MR) is 109 cm³/mol. The maximum Gasteiger partial charge on any atom is 0.222 e. The van der Waals surface area contributed by atoms with Crippen LogP contribution in [0.2, 0.25) is 0 Å². The van der Waals surface area contributed by atoms with Crippen LogP contribution in [-0.2, 0) is 4.79 Å². The smallest absolute Gasteiger partial charge is 0.222 e. The zero-order valence-corrected chi connectivity index (χ0v) is 16.8. The fourth-order valence-corrected chi connectivity index (χ4v) is 5.21. The zero-order valence-electron chi connectivity index (χ0n) is 15.2. The Morgan fingerprint density at radius 3 is 2.69 bits per heavy atom. The molecule has 0 radical (unpaired) electrons. The Morgan fingerprint density at radius 1 is 1.27 bits per heavy atom. The summed E-state index contributed by atoms with van der Waals surface area (Å²) in [6.07, 6.45) is 1.73. The van der Waals surface area contributed by atoms with Crippen molar-refractivity contribution in [2.24, 2.45) is 5.92 Å². The molecule has 0 aromatic carbocycles. The molecule has 4 rings (SSSR count). The van der Waals surface area contributed by atoms with Crippen LogP contribution in [0.4, 0.5) is 5.82 Å². The number of amides is 1. The number of hydrogen-bond acceptors (Lipinski definition) is 6. The van der Waals surface area contributed by atoms with Crippen molar-refractivity contribution in [1.82, 2.24) is 15.3 Å². The number of thiophene rings is 2. The highest BCUT2D eigenvalue weighted by Crippen LogP contribution is 2.38. The van der Waals surface area contributed by atoms with Gasteiger partial charge in [0.05, 0.1) is 10.3 Å². The first kappa shape index (κ1) is 17.4. The lowest BCUT2D eigenvalue weighted by Gasteiger charge is -2.32. The maximum absolute atomic E-state index is 11.9. The second-order valence-corrected chi connectivity index (χ2v) is 8.84. The van der Waals surface area contributed by atoms with Crippen molar-refractivity contribution in [3.05, 3.63) is 28.0 Å². The largest absolute Gasteiger partial charge is 0.359 e. The molecule has 0 spiro atoms. The molecule has 1 fully saturated rings. The van der Waals surface area contributed by atoms with Crippen molar-refractivity contribution in [2.45, 2.75) is 26.7 Å². The first-order chi connectivity index (χ1) is 12.6. The Balaban J connectivity index is 1.75. The summed E-state index contributed by atoms with van der Waals surface area (Å²) in [5, 5.41) is 6.01. The van der Waals surface area contributed by atoms with Crippen molar-refractivity contribution in [3.63, 3.8) is 0 Å². The van der Waals surface area contributed by atoms with E-state index in [2.05, 4.69) is 35.5 Å². The minimum Gasteiger partial charge on any atom is -0.359 e. The molecule has 26 heavy (non-hydrogen) atoms. The van der Waals surface area contributed by atoms with Crippen molar-refractivity contribution in [2.75, 3.05) is 25.0 Å². The monoisotopic (exact) mass is 386 g/mol. The van der Waals surface area contributed by atoms with Crippen molar-refractivity contribution < 1.29 is 4.79 Å². The van der Waals surface area contributed by atoms with Crippen LogP contribution in [0.15, 0.2) is 17.5 Å². The van der Waals surface area contributed by atoms with Gasteiger partial charge in [0.25, 0.3) is 0 Å². The second kappa shape index (κ2) is 6.96. The van der Waals surface area contributed by atoms with E-state index in [1.807, 2.05) is 6.07 Å². The minimum absolute atomic E-state index is 0.107. The lowest BCUT2D eigenvalue weighted by molar-refractivity contribution is -0.125. The van der Waals surface area contributed by atoms with Crippen LogP contribution in [0.1, 0.15) is 23.3 Å². The molecule has 5 nitrogen and oxygen atoms in total. The van der Waals surface area contributed by atoms with E-state index in [0.29, 0.717) is 0 Å². The molecule has 0 saturated carbocycles. The average Bonchev–Trinajstić information content (AvgIpc) is 3.29. The molecule has 136 valence electrons. The molecule has 0 unspecified atom stereocenters. The van der Waals surface area contributed by atoms with Gasteiger partial charge in [-0.2, -0.15) is 0 Å². The molecular formula is C19H22N4OS2. The SMILES string of the molecule is CNC(=O)C1CCN(c2nc(-c3cccs3)nc3sc(C)c(C)c23)CC1. The number of anilines is 1. The summed E-state index contributed by atoms with van der Waals surface area (Å²) in [7, 11) is 1.72. The molecule has 1 N–H and O–H groups in total. The average molecular weight is 387 g/mol. The molecule has 1 aliphatic heterocycles. The van der Waals surface area contributed by atoms with Crippen molar-refractivity contribution in [3.8, 4) is 10.7 Å². The highest BCUT2D eigenvalue weighted by atomic mass is 32.1. The molecule has 0 atom stereocenters. The summed E-state index contributed by atoms with van der Waals surface area (Å²) in [4.78, 5) is 27.5. The lowest BCUT2D eigenvalue weighted by Crippen LogP contribution is -2.40. The first-order valence-corrected chi connectivity index (χ1v) is 10.6. The third-order valence-electron chi connectivity index (χ3n) is 5.16. The molecule has 0 aliphatic carbocycles. The quantitative estimate of drug-likeness (QED) is 0.739. The van der Waals surface area contributed by atoms with E-state index in [1.165, 1.54) is 15.8 Å². The van der Waals surface area contributed by atoms with E-state index in [4.69, 9.17) is 9.97 Å².